The van der Waals surface area contributed by atoms with Gasteiger partial charge in [-0.2, -0.15) is 0 Å². The van der Waals surface area contributed by atoms with Crippen LogP contribution >= 0.6 is 0 Å². The third-order valence-corrected chi connectivity index (χ3v) is 6.53. The minimum atomic E-state index is -1.19. The molecule has 5 rings (SSSR count). The van der Waals surface area contributed by atoms with Gasteiger partial charge in [-0.05, 0) is 47.5 Å². The fourth-order valence-electron chi connectivity index (χ4n) is 4.87. The maximum atomic E-state index is 14.0. The lowest BCUT2D eigenvalue weighted by Gasteiger charge is -2.34. The Hall–Kier alpha value is -3.74. The molecule has 1 spiro atoms. The molecule has 0 aromatic heterocycles. The van der Waals surface area contributed by atoms with Gasteiger partial charge in [0, 0.05) is 37.2 Å². The Kier molecular flexibility index (Phi) is 5.12. The highest BCUT2D eigenvalue weighted by Gasteiger charge is 2.59. The Morgan fingerprint density at radius 1 is 0.879 bits per heavy atom. The summed E-state index contributed by atoms with van der Waals surface area (Å²) in [6.45, 7) is 0.941. The van der Waals surface area contributed by atoms with E-state index in [-0.39, 0.29) is 29.7 Å². The second-order valence-corrected chi connectivity index (χ2v) is 8.39. The van der Waals surface area contributed by atoms with Gasteiger partial charge in [-0.15, -0.1) is 0 Å². The van der Waals surface area contributed by atoms with Gasteiger partial charge in [0.1, 0.15) is 22.9 Å². The Morgan fingerprint density at radius 3 is 2.21 bits per heavy atom. The van der Waals surface area contributed by atoms with E-state index in [0.717, 1.165) is 11.1 Å². The molecule has 33 heavy (non-hydrogen) atoms. The summed E-state index contributed by atoms with van der Waals surface area (Å²) in [5.74, 6) is -0.742. The van der Waals surface area contributed by atoms with Crippen LogP contribution in [0.2, 0.25) is 0 Å². The van der Waals surface area contributed by atoms with E-state index in [9.17, 15) is 18.4 Å². The van der Waals surface area contributed by atoms with Gasteiger partial charge < -0.3 is 14.5 Å². The summed E-state index contributed by atoms with van der Waals surface area (Å²) in [6, 6.07) is 17.4. The lowest BCUT2D eigenvalue weighted by Crippen LogP contribution is -2.49. The third-order valence-electron chi connectivity index (χ3n) is 6.53. The van der Waals surface area contributed by atoms with E-state index >= 15 is 0 Å². The van der Waals surface area contributed by atoms with Gasteiger partial charge in [-0.3, -0.25) is 9.59 Å². The van der Waals surface area contributed by atoms with Crippen LogP contribution in [0.4, 0.5) is 8.78 Å². The minimum Gasteiger partial charge on any atom is -0.497 e. The Balaban J connectivity index is 1.52. The first-order chi connectivity index (χ1) is 15.9. The van der Waals surface area contributed by atoms with Gasteiger partial charge in [0.15, 0.2) is 0 Å². The molecule has 3 aromatic carbocycles. The van der Waals surface area contributed by atoms with E-state index in [2.05, 4.69) is 0 Å². The molecule has 168 valence electrons. The molecule has 0 radical (unpaired) electrons. The summed E-state index contributed by atoms with van der Waals surface area (Å²) in [4.78, 5) is 30.5. The van der Waals surface area contributed by atoms with Crippen molar-refractivity contribution in [2.45, 2.75) is 25.0 Å². The molecule has 0 saturated carbocycles. The zero-order chi connectivity index (χ0) is 23.2. The normalized spacial score (nSPS) is 19.5. The lowest BCUT2D eigenvalue weighted by atomic mass is 9.87. The summed E-state index contributed by atoms with van der Waals surface area (Å²) < 4.78 is 32.5. The van der Waals surface area contributed by atoms with Crippen LogP contribution in [0.5, 0.6) is 5.75 Å². The van der Waals surface area contributed by atoms with Gasteiger partial charge >= 0.3 is 0 Å². The van der Waals surface area contributed by atoms with Crippen molar-refractivity contribution in [2.75, 3.05) is 13.7 Å². The summed E-state index contributed by atoms with van der Waals surface area (Å²) >= 11 is 0. The standard InChI is InChI=1S/C26H22F2N2O3/c1-33-21-9-4-18(5-10-21)16-30-24(31)22-14-20(28)8-11-23(22)26(30)12-13-29(25(26)32)15-17-2-6-19(27)7-3-17/h2-11,14H,12-13,15-16H2,1H3/t26-/m0/s1. The number of likely N-dealkylation sites (tertiary alicyclic amines) is 1. The van der Waals surface area contributed by atoms with Crippen molar-refractivity contribution in [3.63, 3.8) is 0 Å². The number of benzene rings is 3. The molecule has 2 amide bonds. The molecule has 2 aliphatic heterocycles. The number of amides is 2. The number of nitrogens with zero attached hydrogens (tertiary/aromatic N) is 2. The first-order valence-corrected chi connectivity index (χ1v) is 10.7. The molecular weight excluding hydrogens is 426 g/mol. The molecule has 1 saturated heterocycles. The summed E-state index contributed by atoms with van der Waals surface area (Å²) in [5.41, 5.74) is 1.20. The van der Waals surface area contributed by atoms with Crippen LogP contribution in [0.3, 0.4) is 0 Å². The molecule has 0 aliphatic carbocycles. The van der Waals surface area contributed by atoms with Crippen LogP contribution in [0.15, 0.2) is 66.7 Å². The molecule has 7 heteroatoms. The van der Waals surface area contributed by atoms with Crippen LogP contribution in [-0.4, -0.2) is 35.3 Å². The maximum absolute atomic E-state index is 14.0. The predicted molar refractivity (Wildman–Crippen MR) is 117 cm³/mol. The van der Waals surface area contributed by atoms with Crippen molar-refractivity contribution >= 4 is 11.8 Å². The van der Waals surface area contributed by atoms with E-state index in [1.165, 1.54) is 24.3 Å². The van der Waals surface area contributed by atoms with E-state index in [1.54, 1.807) is 47.2 Å². The monoisotopic (exact) mass is 448 g/mol. The van der Waals surface area contributed by atoms with E-state index < -0.39 is 11.4 Å². The molecule has 3 aromatic rings. The number of methoxy groups -OCH3 is 1. The fraction of sp³-hybridized carbons (Fsp3) is 0.231. The molecule has 0 bridgehead atoms. The molecule has 2 aliphatic rings. The second-order valence-electron chi connectivity index (χ2n) is 8.39. The number of ether oxygens (including phenoxy) is 1. The van der Waals surface area contributed by atoms with E-state index in [4.69, 9.17) is 4.74 Å². The quantitative estimate of drug-likeness (QED) is 0.586. The molecule has 2 heterocycles. The number of hydrogen-bond acceptors (Lipinski definition) is 3. The molecule has 0 N–H and O–H groups in total. The van der Waals surface area contributed by atoms with Crippen molar-refractivity contribution in [3.8, 4) is 5.75 Å². The maximum Gasteiger partial charge on any atom is 0.255 e. The average Bonchev–Trinajstić information content (AvgIpc) is 3.26. The highest BCUT2D eigenvalue weighted by atomic mass is 19.1. The smallest absolute Gasteiger partial charge is 0.255 e. The SMILES string of the molecule is COc1ccc(CN2C(=O)c3cc(F)ccc3[C@]23CCN(Cc2ccc(F)cc2)C3=O)cc1. The highest BCUT2D eigenvalue weighted by molar-refractivity contribution is 6.07. The van der Waals surface area contributed by atoms with Crippen LogP contribution in [-0.2, 0) is 23.4 Å². The molecule has 5 nitrogen and oxygen atoms in total. The molecule has 1 atom stereocenters. The third kappa shape index (κ3) is 3.44. The number of halogens is 2. The molecule has 0 unspecified atom stereocenters. The fourth-order valence-corrected chi connectivity index (χ4v) is 4.87. The number of rotatable bonds is 5. The number of carbonyl (C=O) groups is 2. The van der Waals surface area contributed by atoms with Gasteiger partial charge in [-0.1, -0.05) is 30.3 Å². The minimum absolute atomic E-state index is 0.204. The van der Waals surface area contributed by atoms with Gasteiger partial charge in [0.05, 0.1) is 7.11 Å². The first-order valence-electron chi connectivity index (χ1n) is 10.7. The zero-order valence-corrected chi connectivity index (χ0v) is 18.1. The largest absolute Gasteiger partial charge is 0.497 e. The lowest BCUT2D eigenvalue weighted by molar-refractivity contribution is -0.137. The summed E-state index contributed by atoms with van der Waals surface area (Å²) in [5, 5.41) is 0. The van der Waals surface area contributed by atoms with Crippen molar-refractivity contribution in [1.29, 1.82) is 0 Å². The predicted octanol–water partition coefficient (Wildman–Crippen LogP) is 4.26. The Bertz CT molecular complexity index is 1230. The molecular formula is C26H22F2N2O3. The van der Waals surface area contributed by atoms with Crippen LogP contribution in [0, 0.1) is 11.6 Å². The van der Waals surface area contributed by atoms with Crippen LogP contribution in [0.1, 0.15) is 33.5 Å². The first kappa shape index (κ1) is 21.1. The van der Waals surface area contributed by atoms with Gasteiger partial charge in [-0.25, -0.2) is 8.78 Å². The highest BCUT2D eigenvalue weighted by Crippen LogP contribution is 2.47. The second kappa shape index (κ2) is 7.99. The summed E-state index contributed by atoms with van der Waals surface area (Å²) in [7, 11) is 1.58. The van der Waals surface area contributed by atoms with Crippen LogP contribution < -0.4 is 4.74 Å². The van der Waals surface area contributed by atoms with Crippen molar-refractivity contribution in [3.05, 3.63) is 101 Å². The topological polar surface area (TPSA) is 49.9 Å². The van der Waals surface area contributed by atoms with E-state index in [0.29, 0.717) is 30.8 Å². The average molecular weight is 448 g/mol. The Morgan fingerprint density at radius 2 is 1.52 bits per heavy atom. The Labute approximate surface area is 190 Å². The van der Waals surface area contributed by atoms with Gasteiger partial charge in [0.25, 0.3) is 11.8 Å². The van der Waals surface area contributed by atoms with Crippen molar-refractivity contribution in [1.82, 2.24) is 9.80 Å². The number of hydrogen-bond donors (Lipinski definition) is 0. The van der Waals surface area contributed by atoms with Crippen LogP contribution in [0.25, 0.3) is 0 Å². The van der Waals surface area contributed by atoms with Crippen molar-refractivity contribution < 1.29 is 23.1 Å². The number of fused-ring (bicyclic) bond motifs is 2. The van der Waals surface area contributed by atoms with Crippen molar-refractivity contribution in [2.24, 2.45) is 0 Å². The molecule has 1 fully saturated rings. The number of carbonyl (C=O) groups excluding carboxylic acids is 2. The summed E-state index contributed by atoms with van der Waals surface area (Å²) in [6.07, 6.45) is 0.396. The van der Waals surface area contributed by atoms with Gasteiger partial charge in [0.2, 0.25) is 0 Å². The zero-order valence-electron chi connectivity index (χ0n) is 18.1. The van der Waals surface area contributed by atoms with E-state index in [1.807, 2.05) is 12.1 Å².